The maximum atomic E-state index is 12.5. The lowest BCUT2D eigenvalue weighted by molar-refractivity contribution is 0.193. The number of urea groups is 1. The molecule has 1 saturated heterocycles. The predicted octanol–water partition coefficient (Wildman–Crippen LogP) is 1.30. The van der Waals surface area contributed by atoms with Gasteiger partial charge < -0.3 is 19.9 Å². The van der Waals surface area contributed by atoms with Crippen LogP contribution >= 0.6 is 0 Å². The molecule has 0 aliphatic carbocycles. The van der Waals surface area contributed by atoms with Crippen LogP contribution in [0, 0.1) is 0 Å². The van der Waals surface area contributed by atoms with Crippen LogP contribution in [0.25, 0.3) is 11.4 Å². The summed E-state index contributed by atoms with van der Waals surface area (Å²) in [5, 5.41) is 9.98. The molecule has 4 rings (SSSR count). The number of ether oxygens (including phenoxy) is 1. The maximum absolute atomic E-state index is 12.5. The summed E-state index contributed by atoms with van der Waals surface area (Å²) in [5.41, 5.74) is 0.875. The number of nitrogens with zero attached hydrogens (tertiary/aromatic N) is 6. The first-order valence-corrected chi connectivity index (χ1v) is 9.32. The van der Waals surface area contributed by atoms with Crippen LogP contribution in [0.5, 0.6) is 5.75 Å². The first kappa shape index (κ1) is 18.7. The minimum atomic E-state index is -0.119. The highest BCUT2D eigenvalue weighted by Gasteiger charge is 2.22. The van der Waals surface area contributed by atoms with Gasteiger partial charge in [0, 0.05) is 44.1 Å². The monoisotopic (exact) mass is 394 g/mol. The molecule has 29 heavy (non-hydrogen) atoms. The van der Waals surface area contributed by atoms with Gasteiger partial charge in [-0.15, -0.1) is 0 Å². The number of benzene rings is 1. The van der Waals surface area contributed by atoms with Crippen molar-refractivity contribution in [1.29, 1.82) is 0 Å². The van der Waals surface area contributed by atoms with E-state index in [1.165, 1.54) is 0 Å². The Labute approximate surface area is 167 Å². The van der Waals surface area contributed by atoms with Gasteiger partial charge >= 0.3 is 6.03 Å². The number of carbonyl (C=O) groups is 1. The Balaban J connectivity index is 1.27. The van der Waals surface area contributed by atoms with Gasteiger partial charge in [0.05, 0.1) is 19.9 Å². The molecular weight excluding hydrogens is 372 g/mol. The Bertz CT molecular complexity index is 936. The third-order valence-electron chi connectivity index (χ3n) is 4.73. The summed E-state index contributed by atoms with van der Waals surface area (Å²) in [7, 11) is 1.62. The molecule has 10 heteroatoms. The topological polar surface area (TPSA) is 112 Å². The van der Waals surface area contributed by atoms with E-state index in [9.17, 15) is 4.79 Å². The SMILES string of the molecule is COc1ccc(-c2n[nH]c(CNC(=O)N3CCN(c4cnccn4)CC3)n2)cc1. The molecule has 0 saturated carbocycles. The van der Waals surface area contributed by atoms with E-state index in [0.717, 1.165) is 30.2 Å². The second-order valence-corrected chi connectivity index (χ2v) is 6.53. The average molecular weight is 394 g/mol. The van der Waals surface area contributed by atoms with Crippen molar-refractivity contribution in [3.8, 4) is 17.1 Å². The van der Waals surface area contributed by atoms with Crippen molar-refractivity contribution in [2.75, 3.05) is 38.2 Å². The number of hydrogen-bond donors (Lipinski definition) is 2. The second-order valence-electron chi connectivity index (χ2n) is 6.53. The number of aromatic nitrogens is 5. The van der Waals surface area contributed by atoms with E-state index >= 15 is 0 Å². The Morgan fingerprint density at radius 2 is 1.97 bits per heavy atom. The zero-order valence-electron chi connectivity index (χ0n) is 16.1. The van der Waals surface area contributed by atoms with Crippen LogP contribution in [0.1, 0.15) is 5.82 Å². The molecule has 0 radical (unpaired) electrons. The van der Waals surface area contributed by atoms with Crippen molar-refractivity contribution < 1.29 is 9.53 Å². The van der Waals surface area contributed by atoms with Gasteiger partial charge in [0.25, 0.3) is 0 Å². The highest BCUT2D eigenvalue weighted by Crippen LogP contribution is 2.19. The molecule has 0 bridgehead atoms. The van der Waals surface area contributed by atoms with Gasteiger partial charge in [0.15, 0.2) is 5.82 Å². The van der Waals surface area contributed by atoms with Crippen LogP contribution in [-0.4, -0.2) is 69.4 Å². The molecule has 10 nitrogen and oxygen atoms in total. The summed E-state index contributed by atoms with van der Waals surface area (Å²) in [4.78, 5) is 29.2. The van der Waals surface area contributed by atoms with Crippen molar-refractivity contribution in [2.24, 2.45) is 0 Å². The van der Waals surface area contributed by atoms with Crippen LogP contribution < -0.4 is 15.0 Å². The summed E-state index contributed by atoms with van der Waals surface area (Å²) in [5.74, 6) is 2.79. The number of anilines is 1. The van der Waals surface area contributed by atoms with Gasteiger partial charge in [-0.25, -0.2) is 14.8 Å². The molecule has 2 amide bonds. The third-order valence-corrected chi connectivity index (χ3v) is 4.73. The zero-order valence-corrected chi connectivity index (χ0v) is 16.1. The van der Waals surface area contributed by atoms with Gasteiger partial charge in [0.1, 0.15) is 17.4 Å². The largest absolute Gasteiger partial charge is 0.497 e. The number of aromatic amines is 1. The number of piperazine rings is 1. The number of hydrogen-bond acceptors (Lipinski definition) is 7. The number of methoxy groups -OCH3 is 1. The number of H-pyrrole nitrogens is 1. The molecule has 0 spiro atoms. The Hall–Kier alpha value is -3.69. The van der Waals surface area contributed by atoms with E-state index in [2.05, 4.69) is 35.4 Å². The summed E-state index contributed by atoms with van der Waals surface area (Å²) in [6.07, 6.45) is 5.06. The van der Waals surface area contributed by atoms with Crippen molar-refractivity contribution in [1.82, 2.24) is 35.4 Å². The molecule has 1 aliphatic heterocycles. The normalized spacial score (nSPS) is 14.0. The molecule has 1 fully saturated rings. The lowest BCUT2D eigenvalue weighted by Gasteiger charge is -2.35. The highest BCUT2D eigenvalue weighted by atomic mass is 16.5. The third kappa shape index (κ3) is 4.42. The maximum Gasteiger partial charge on any atom is 0.317 e. The fraction of sp³-hybridized carbons (Fsp3) is 0.316. The second kappa shape index (κ2) is 8.55. The van der Waals surface area contributed by atoms with Gasteiger partial charge in [0.2, 0.25) is 0 Å². The minimum absolute atomic E-state index is 0.119. The fourth-order valence-electron chi connectivity index (χ4n) is 3.11. The zero-order chi connectivity index (χ0) is 20.1. The summed E-state index contributed by atoms with van der Waals surface area (Å²) in [6.45, 7) is 2.96. The van der Waals surface area contributed by atoms with Gasteiger partial charge in [-0.3, -0.25) is 10.1 Å². The number of amides is 2. The number of carbonyl (C=O) groups excluding carboxylic acids is 1. The Morgan fingerprint density at radius 3 is 2.66 bits per heavy atom. The van der Waals surface area contributed by atoms with Crippen molar-refractivity contribution in [3.05, 3.63) is 48.7 Å². The number of rotatable bonds is 5. The average Bonchev–Trinajstić information content (AvgIpc) is 3.27. The molecule has 2 N–H and O–H groups in total. The molecule has 0 atom stereocenters. The molecule has 150 valence electrons. The lowest BCUT2D eigenvalue weighted by Crippen LogP contribution is -2.52. The lowest BCUT2D eigenvalue weighted by atomic mass is 10.2. The van der Waals surface area contributed by atoms with Crippen LogP contribution in [-0.2, 0) is 6.54 Å². The molecular formula is C19H22N8O2. The van der Waals surface area contributed by atoms with Crippen LogP contribution in [0.15, 0.2) is 42.9 Å². The van der Waals surface area contributed by atoms with Crippen molar-refractivity contribution in [3.63, 3.8) is 0 Å². The molecule has 0 unspecified atom stereocenters. The van der Waals surface area contributed by atoms with Crippen LogP contribution in [0.3, 0.4) is 0 Å². The van der Waals surface area contributed by atoms with Gasteiger partial charge in [-0.1, -0.05) is 0 Å². The summed E-state index contributed by atoms with van der Waals surface area (Å²) >= 11 is 0. The first-order valence-electron chi connectivity index (χ1n) is 9.32. The van der Waals surface area contributed by atoms with E-state index in [-0.39, 0.29) is 12.6 Å². The number of nitrogens with one attached hydrogen (secondary N) is 2. The summed E-state index contributed by atoms with van der Waals surface area (Å²) in [6, 6.07) is 7.37. The van der Waals surface area contributed by atoms with E-state index in [1.54, 1.807) is 30.6 Å². The quantitative estimate of drug-likeness (QED) is 0.671. The highest BCUT2D eigenvalue weighted by molar-refractivity contribution is 5.74. The van der Waals surface area contributed by atoms with E-state index in [0.29, 0.717) is 24.7 Å². The summed E-state index contributed by atoms with van der Waals surface area (Å²) < 4.78 is 5.15. The smallest absolute Gasteiger partial charge is 0.317 e. The van der Waals surface area contributed by atoms with Crippen molar-refractivity contribution >= 4 is 11.8 Å². The van der Waals surface area contributed by atoms with Crippen LogP contribution in [0.4, 0.5) is 10.6 Å². The molecule has 3 heterocycles. The first-order chi connectivity index (χ1) is 14.2. The van der Waals surface area contributed by atoms with Crippen molar-refractivity contribution in [2.45, 2.75) is 6.54 Å². The molecule has 2 aromatic heterocycles. The van der Waals surface area contributed by atoms with E-state index in [4.69, 9.17) is 4.74 Å². The Morgan fingerprint density at radius 1 is 1.17 bits per heavy atom. The van der Waals surface area contributed by atoms with E-state index < -0.39 is 0 Å². The van der Waals surface area contributed by atoms with Crippen LogP contribution in [0.2, 0.25) is 0 Å². The standard InChI is InChI=1S/C19H22N8O2/c1-29-15-4-2-14(3-5-15)18-23-16(24-25-18)12-22-19(28)27-10-8-26(9-11-27)17-13-20-6-7-21-17/h2-7,13H,8-12H2,1H3,(H,22,28)(H,23,24,25). The minimum Gasteiger partial charge on any atom is -0.497 e. The predicted molar refractivity (Wildman–Crippen MR) is 106 cm³/mol. The fourth-order valence-corrected chi connectivity index (χ4v) is 3.11. The Kier molecular flexibility index (Phi) is 5.50. The molecule has 3 aromatic rings. The molecule has 1 aromatic carbocycles. The molecule has 1 aliphatic rings. The van der Waals surface area contributed by atoms with Gasteiger partial charge in [-0.2, -0.15) is 5.10 Å². The van der Waals surface area contributed by atoms with E-state index in [1.807, 2.05) is 24.3 Å². The van der Waals surface area contributed by atoms with Gasteiger partial charge in [-0.05, 0) is 24.3 Å².